The summed E-state index contributed by atoms with van der Waals surface area (Å²) < 4.78 is 5.79. The Morgan fingerprint density at radius 2 is 1.89 bits per heavy atom. The van der Waals surface area contributed by atoms with Crippen LogP contribution < -0.4 is 10.0 Å². The van der Waals surface area contributed by atoms with Gasteiger partial charge >= 0.3 is 0 Å². The second-order valence-corrected chi connectivity index (χ2v) is 10.3. The average Bonchev–Trinajstić information content (AvgIpc) is 3.03. The van der Waals surface area contributed by atoms with Crippen LogP contribution in [-0.2, 0) is 16.8 Å². The number of carbonyl (C=O) groups is 1. The zero-order valence-electron chi connectivity index (χ0n) is 22.7. The lowest BCUT2D eigenvalue weighted by Crippen LogP contribution is -2.20. The van der Waals surface area contributed by atoms with Crippen LogP contribution >= 0.6 is 11.9 Å². The molecule has 35 heavy (non-hydrogen) atoms. The largest absolute Gasteiger partial charge is 0.396 e. The van der Waals surface area contributed by atoms with E-state index in [1.807, 2.05) is 39.0 Å². The summed E-state index contributed by atoms with van der Waals surface area (Å²) in [5.74, 6) is 1.68. The quantitative estimate of drug-likeness (QED) is 0.270. The molecule has 0 saturated heterocycles. The lowest BCUT2D eigenvalue weighted by Gasteiger charge is -2.21. The minimum atomic E-state index is -0.00747. The minimum Gasteiger partial charge on any atom is -0.396 e. The molecule has 1 aromatic heterocycles. The topological polar surface area (TPSA) is 79.2 Å². The molecule has 0 radical (unpaired) electrons. The van der Waals surface area contributed by atoms with Gasteiger partial charge < -0.3 is 19.7 Å². The predicted octanol–water partition coefficient (Wildman–Crippen LogP) is 6.94. The van der Waals surface area contributed by atoms with Crippen LogP contribution in [0.15, 0.2) is 53.1 Å². The Kier molecular flexibility index (Phi) is 13.5. The molecule has 1 heterocycles. The van der Waals surface area contributed by atoms with Crippen LogP contribution in [0.25, 0.3) is 11.0 Å². The van der Waals surface area contributed by atoms with Gasteiger partial charge in [-0.05, 0) is 61.1 Å². The summed E-state index contributed by atoms with van der Waals surface area (Å²) >= 11 is 1.56. The molecule has 1 aromatic carbocycles. The molecule has 0 spiro atoms. The van der Waals surface area contributed by atoms with Crippen LogP contribution in [0.4, 0.5) is 5.69 Å². The highest BCUT2D eigenvalue weighted by molar-refractivity contribution is 8.04. The number of allylic oxidation sites excluding steroid dienone is 4. The van der Waals surface area contributed by atoms with Gasteiger partial charge in [0, 0.05) is 34.9 Å². The van der Waals surface area contributed by atoms with Crippen molar-refractivity contribution in [2.45, 2.75) is 80.2 Å². The first-order valence-corrected chi connectivity index (χ1v) is 13.3. The SMILES string of the molecule is CC.CC(C)Cn1c(C(C)(C)C)nc2cc(NSC3=CCC=C(NC=O)C=C3)ccc21.CCCO. The van der Waals surface area contributed by atoms with Crippen LogP contribution in [0.3, 0.4) is 0 Å². The number of carbonyl (C=O) groups excluding carboxylic acids is 1. The van der Waals surface area contributed by atoms with E-state index in [0.717, 1.165) is 47.0 Å². The van der Waals surface area contributed by atoms with Crippen molar-refractivity contribution in [3.05, 3.63) is 58.9 Å². The van der Waals surface area contributed by atoms with Gasteiger partial charge in [0.15, 0.2) is 0 Å². The monoisotopic (exact) mass is 500 g/mol. The number of nitrogens with one attached hydrogen (secondary N) is 2. The molecule has 7 heteroatoms. The summed E-state index contributed by atoms with van der Waals surface area (Å²) in [6, 6.07) is 6.39. The summed E-state index contributed by atoms with van der Waals surface area (Å²) in [5.41, 5.74) is 4.03. The Hall–Kier alpha value is -2.51. The van der Waals surface area contributed by atoms with Crippen molar-refractivity contribution in [1.82, 2.24) is 14.9 Å². The number of amides is 1. The van der Waals surface area contributed by atoms with Crippen LogP contribution in [0, 0.1) is 5.92 Å². The van der Waals surface area contributed by atoms with Crippen LogP contribution in [0.1, 0.15) is 74.1 Å². The molecule has 0 bridgehead atoms. The molecule has 1 aliphatic carbocycles. The standard InChI is InChI=1S/C23H30N4OS.C3H8O.C2H6/c1-16(2)14-27-21-12-10-18(13-20(21)25-22(27)23(3,4)5)26-29-19-8-6-7-17(9-11-19)24-15-28;1-2-3-4;1-2/h7-13,15-16,26H,6,14H2,1-5H3,(H,24,28);4H,2-3H2,1H3;1-2H3. The number of aliphatic hydroxyl groups is 1. The summed E-state index contributed by atoms with van der Waals surface area (Å²) in [6.45, 7) is 18.3. The fourth-order valence-electron chi connectivity index (χ4n) is 3.29. The predicted molar refractivity (Wildman–Crippen MR) is 152 cm³/mol. The Morgan fingerprint density at radius 3 is 2.46 bits per heavy atom. The highest BCUT2D eigenvalue weighted by Gasteiger charge is 2.23. The summed E-state index contributed by atoms with van der Waals surface area (Å²) in [6.07, 6.45) is 10.4. The second kappa shape index (κ2) is 15.5. The third-order valence-corrected chi connectivity index (χ3v) is 5.66. The van der Waals surface area contributed by atoms with Crippen molar-refractivity contribution in [3.8, 4) is 0 Å². The van der Waals surface area contributed by atoms with E-state index in [-0.39, 0.29) is 5.41 Å². The summed E-state index contributed by atoms with van der Waals surface area (Å²) in [4.78, 5) is 16.7. The number of aromatic nitrogens is 2. The van der Waals surface area contributed by atoms with E-state index >= 15 is 0 Å². The first-order chi connectivity index (χ1) is 16.7. The van der Waals surface area contributed by atoms with E-state index in [4.69, 9.17) is 10.1 Å². The second-order valence-electron chi connectivity index (χ2n) is 9.42. The fourth-order valence-corrected chi connectivity index (χ4v) is 3.97. The molecule has 2 aromatic rings. The van der Waals surface area contributed by atoms with Crippen molar-refractivity contribution in [2.24, 2.45) is 5.92 Å². The molecule has 194 valence electrons. The summed E-state index contributed by atoms with van der Waals surface area (Å²) in [7, 11) is 0. The smallest absolute Gasteiger partial charge is 0.211 e. The van der Waals surface area contributed by atoms with E-state index in [1.54, 1.807) is 11.9 Å². The molecule has 1 amide bonds. The van der Waals surface area contributed by atoms with Crippen molar-refractivity contribution >= 4 is 35.1 Å². The number of aliphatic hydroxyl groups excluding tert-OH is 1. The normalized spacial score (nSPS) is 13.1. The number of hydrogen-bond acceptors (Lipinski definition) is 5. The maximum atomic E-state index is 10.6. The zero-order chi connectivity index (χ0) is 26.4. The van der Waals surface area contributed by atoms with Crippen LogP contribution in [-0.4, -0.2) is 27.7 Å². The van der Waals surface area contributed by atoms with E-state index < -0.39 is 0 Å². The zero-order valence-corrected chi connectivity index (χ0v) is 23.5. The molecule has 6 nitrogen and oxygen atoms in total. The molecule has 0 saturated carbocycles. The Balaban J connectivity index is 0.000000926. The number of nitrogens with zero attached hydrogens (tertiary/aromatic N) is 2. The lowest BCUT2D eigenvalue weighted by atomic mass is 9.95. The molecule has 0 atom stereocenters. The molecule has 3 N–H and O–H groups in total. The number of rotatable bonds is 8. The van der Waals surface area contributed by atoms with E-state index in [2.05, 4.69) is 73.5 Å². The maximum Gasteiger partial charge on any atom is 0.211 e. The highest BCUT2D eigenvalue weighted by atomic mass is 32.2. The van der Waals surface area contributed by atoms with Gasteiger partial charge in [-0.2, -0.15) is 0 Å². The van der Waals surface area contributed by atoms with Crippen molar-refractivity contribution in [2.75, 3.05) is 11.3 Å². The highest BCUT2D eigenvalue weighted by Crippen LogP contribution is 2.30. The first-order valence-electron chi connectivity index (χ1n) is 12.5. The van der Waals surface area contributed by atoms with Crippen molar-refractivity contribution < 1.29 is 9.90 Å². The molecular formula is C28H44N4O2S. The third kappa shape index (κ3) is 9.94. The number of hydrogen-bond donors (Lipinski definition) is 3. The Labute approximate surface area is 216 Å². The molecule has 3 rings (SSSR count). The summed E-state index contributed by atoms with van der Waals surface area (Å²) in [5, 5.41) is 10.6. The van der Waals surface area contributed by atoms with E-state index in [9.17, 15) is 4.79 Å². The minimum absolute atomic E-state index is 0.00747. The van der Waals surface area contributed by atoms with Gasteiger partial charge in [0.05, 0.1) is 11.0 Å². The van der Waals surface area contributed by atoms with Gasteiger partial charge in [0.1, 0.15) is 5.82 Å². The number of imidazole rings is 1. The number of fused-ring (bicyclic) bond motifs is 1. The number of benzene rings is 1. The Morgan fingerprint density at radius 1 is 1.20 bits per heavy atom. The van der Waals surface area contributed by atoms with Gasteiger partial charge in [-0.3, -0.25) is 4.79 Å². The van der Waals surface area contributed by atoms with E-state index in [0.29, 0.717) is 18.9 Å². The van der Waals surface area contributed by atoms with Crippen molar-refractivity contribution in [3.63, 3.8) is 0 Å². The lowest BCUT2D eigenvalue weighted by molar-refractivity contribution is -0.108. The van der Waals surface area contributed by atoms with Crippen LogP contribution in [0.5, 0.6) is 0 Å². The number of anilines is 1. The Bertz CT molecular complexity index is 1010. The molecule has 0 unspecified atom stereocenters. The fraction of sp³-hybridized carbons (Fsp3) is 0.500. The van der Waals surface area contributed by atoms with Gasteiger partial charge in [-0.25, -0.2) is 4.98 Å². The maximum absolute atomic E-state index is 10.6. The van der Waals surface area contributed by atoms with Crippen molar-refractivity contribution in [1.29, 1.82) is 0 Å². The van der Waals surface area contributed by atoms with Gasteiger partial charge in [-0.1, -0.05) is 67.5 Å². The third-order valence-electron chi connectivity index (χ3n) is 4.79. The molecule has 0 fully saturated rings. The molecule has 1 aliphatic rings. The van der Waals surface area contributed by atoms with E-state index in [1.165, 1.54) is 5.52 Å². The molecule has 0 aliphatic heterocycles. The molecular weight excluding hydrogens is 456 g/mol. The van der Waals surface area contributed by atoms with Gasteiger partial charge in [-0.15, -0.1) is 0 Å². The average molecular weight is 501 g/mol. The van der Waals surface area contributed by atoms with Gasteiger partial charge in [0.25, 0.3) is 0 Å². The van der Waals surface area contributed by atoms with Crippen LogP contribution in [0.2, 0.25) is 0 Å². The van der Waals surface area contributed by atoms with Gasteiger partial charge in [0.2, 0.25) is 6.41 Å². The first kappa shape index (κ1) is 30.5.